The van der Waals surface area contributed by atoms with Gasteiger partial charge in [0.05, 0.1) is 17.6 Å². The van der Waals surface area contributed by atoms with Crippen LogP contribution in [-0.4, -0.2) is 16.9 Å². The molecule has 0 radical (unpaired) electrons. The summed E-state index contributed by atoms with van der Waals surface area (Å²) in [7, 11) is 0. The first-order valence-electron chi connectivity index (χ1n) is 9.89. The number of carbonyl (C=O) groups is 1. The van der Waals surface area contributed by atoms with Crippen LogP contribution in [0.4, 0.5) is 0 Å². The molecule has 150 valence electrons. The van der Waals surface area contributed by atoms with E-state index in [0.717, 1.165) is 22.0 Å². The Labute approximate surface area is 184 Å². The van der Waals surface area contributed by atoms with Crippen molar-refractivity contribution in [1.29, 1.82) is 5.26 Å². The lowest BCUT2D eigenvalue weighted by Crippen LogP contribution is -2.27. The molecular weight excluding hydrogens is 408 g/mol. The number of Topliss-reactive ketones (excluding diaryl/α,β-unsaturated/α-hetero) is 1. The zero-order chi connectivity index (χ0) is 21.4. The van der Waals surface area contributed by atoms with Crippen molar-refractivity contribution in [3.63, 3.8) is 0 Å². The fraction of sp³-hybridized carbons (Fsp3) is 0.0769. The largest absolute Gasteiger partial charge is 0.479 e. The number of nitrogens with zero attached hydrogens (tertiary/aromatic N) is 1. The molecule has 1 aliphatic rings. The average molecular weight is 425 g/mol. The number of benzene rings is 3. The molecule has 5 heteroatoms. The summed E-state index contributed by atoms with van der Waals surface area (Å²) < 4.78 is 6.29. The van der Waals surface area contributed by atoms with Gasteiger partial charge in [-0.2, -0.15) is 5.26 Å². The maximum absolute atomic E-state index is 13.4. The van der Waals surface area contributed by atoms with Crippen molar-refractivity contribution < 1.29 is 9.53 Å². The molecule has 1 N–H and O–H groups in total. The third-order valence-corrected chi connectivity index (χ3v) is 5.86. The van der Waals surface area contributed by atoms with Gasteiger partial charge in [-0.05, 0) is 23.8 Å². The fourth-order valence-electron chi connectivity index (χ4n) is 4.12. The Morgan fingerprint density at radius 2 is 1.68 bits per heavy atom. The van der Waals surface area contributed by atoms with Crippen molar-refractivity contribution in [2.45, 2.75) is 12.0 Å². The monoisotopic (exact) mass is 424 g/mol. The minimum atomic E-state index is -0.845. The molecule has 31 heavy (non-hydrogen) atoms. The summed E-state index contributed by atoms with van der Waals surface area (Å²) in [5.41, 5.74) is 3.50. The van der Waals surface area contributed by atoms with Gasteiger partial charge in [-0.3, -0.25) is 4.79 Å². The highest BCUT2D eigenvalue weighted by Crippen LogP contribution is 2.45. The van der Waals surface area contributed by atoms with E-state index in [1.165, 1.54) is 0 Å². The molecule has 0 spiro atoms. The molecule has 2 unspecified atom stereocenters. The van der Waals surface area contributed by atoms with Gasteiger partial charge in [-0.1, -0.05) is 72.3 Å². The number of aromatic nitrogens is 1. The van der Waals surface area contributed by atoms with E-state index in [-0.39, 0.29) is 5.78 Å². The van der Waals surface area contributed by atoms with Crippen LogP contribution in [0, 0.1) is 11.3 Å². The molecule has 0 bridgehead atoms. The summed E-state index contributed by atoms with van der Waals surface area (Å²) in [6, 6.07) is 26.4. The first-order chi connectivity index (χ1) is 15.2. The summed E-state index contributed by atoms with van der Waals surface area (Å²) in [6.07, 6.45) is 0.980. The fourth-order valence-corrected chi connectivity index (χ4v) is 4.25. The lowest BCUT2D eigenvalue weighted by Gasteiger charge is -2.19. The maximum atomic E-state index is 13.4. The van der Waals surface area contributed by atoms with Crippen LogP contribution in [0.25, 0.3) is 16.7 Å². The zero-order valence-electron chi connectivity index (χ0n) is 16.4. The van der Waals surface area contributed by atoms with E-state index < -0.39 is 12.0 Å². The zero-order valence-corrected chi connectivity index (χ0v) is 17.1. The molecule has 3 aromatic carbocycles. The Morgan fingerprint density at radius 3 is 2.42 bits per heavy atom. The molecule has 2 heterocycles. The Bertz CT molecular complexity index is 1350. The van der Waals surface area contributed by atoms with Gasteiger partial charge in [-0.15, -0.1) is 0 Å². The number of fused-ring (bicyclic) bond motifs is 1. The van der Waals surface area contributed by atoms with E-state index in [2.05, 4.69) is 11.1 Å². The third kappa shape index (κ3) is 3.30. The van der Waals surface area contributed by atoms with Crippen molar-refractivity contribution in [2.24, 2.45) is 0 Å². The van der Waals surface area contributed by atoms with Gasteiger partial charge in [0.1, 0.15) is 5.76 Å². The smallest absolute Gasteiger partial charge is 0.204 e. The summed E-state index contributed by atoms with van der Waals surface area (Å²) in [5, 5.41) is 11.7. The second-order valence-electron chi connectivity index (χ2n) is 7.40. The lowest BCUT2D eigenvalue weighted by atomic mass is 9.84. The molecule has 1 aliphatic heterocycles. The highest BCUT2D eigenvalue weighted by molar-refractivity contribution is 6.30. The van der Waals surface area contributed by atoms with E-state index in [0.29, 0.717) is 21.9 Å². The topological polar surface area (TPSA) is 65.9 Å². The molecule has 4 nitrogen and oxygen atoms in total. The molecule has 2 atom stereocenters. The van der Waals surface area contributed by atoms with Crippen molar-refractivity contribution in [3.05, 3.63) is 112 Å². The number of para-hydroxylation sites is 1. The van der Waals surface area contributed by atoms with Crippen LogP contribution in [0.3, 0.4) is 0 Å². The van der Waals surface area contributed by atoms with Gasteiger partial charge in [0.2, 0.25) is 5.78 Å². The normalized spacial score (nSPS) is 18.1. The van der Waals surface area contributed by atoms with Crippen LogP contribution in [0.5, 0.6) is 0 Å². The Kier molecular flexibility index (Phi) is 4.82. The van der Waals surface area contributed by atoms with E-state index in [9.17, 15) is 10.1 Å². The first kappa shape index (κ1) is 19.2. The van der Waals surface area contributed by atoms with Crippen molar-refractivity contribution in [1.82, 2.24) is 4.98 Å². The van der Waals surface area contributed by atoms with Crippen LogP contribution in [0.1, 0.15) is 27.4 Å². The second kappa shape index (κ2) is 7.79. The van der Waals surface area contributed by atoms with E-state index in [1.54, 1.807) is 24.3 Å². The van der Waals surface area contributed by atoms with Crippen molar-refractivity contribution in [2.75, 3.05) is 0 Å². The maximum Gasteiger partial charge on any atom is 0.204 e. The number of hydrogen-bond acceptors (Lipinski definition) is 3. The molecule has 0 saturated heterocycles. The molecular formula is C26H17ClN2O2. The first-order valence-corrected chi connectivity index (χ1v) is 10.3. The number of halogens is 1. The second-order valence-corrected chi connectivity index (χ2v) is 7.84. The number of aromatic amines is 1. The Balaban J connectivity index is 1.67. The summed E-state index contributed by atoms with van der Waals surface area (Å²) >= 11 is 6.08. The highest BCUT2D eigenvalue weighted by Gasteiger charge is 2.43. The number of nitriles is 1. The quantitative estimate of drug-likeness (QED) is 0.401. The number of ketones is 1. The predicted octanol–water partition coefficient (Wildman–Crippen LogP) is 6.12. The highest BCUT2D eigenvalue weighted by atomic mass is 35.5. The van der Waals surface area contributed by atoms with Crippen molar-refractivity contribution in [3.8, 4) is 6.07 Å². The SMILES string of the molecule is N#CC1=C(c2c[nH]c3ccccc23)OC(C(=O)c2ccccc2)C1c1ccc(Cl)cc1. The number of nitrogens with one attached hydrogen (secondary N) is 1. The van der Waals surface area contributed by atoms with Gasteiger partial charge in [0.15, 0.2) is 6.10 Å². The van der Waals surface area contributed by atoms with Gasteiger partial charge < -0.3 is 9.72 Å². The van der Waals surface area contributed by atoms with E-state index in [4.69, 9.17) is 16.3 Å². The molecule has 0 aliphatic carbocycles. The number of ether oxygens (including phenoxy) is 1. The Morgan fingerprint density at radius 1 is 0.968 bits per heavy atom. The number of hydrogen-bond donors (Lipinski definition) is 1. The van der Waals surface area contributed by atoms with E-state index >= 15 is 0 Å². The van der Waals surface area contributed by atoms with Gasteiger partial charge >= 0.3 is 0 Å². The van der Waals surface area contributed by atoms with Gasteiger partial charge in [0, 0.05) is 33.2 Å². The predicted molar refractivity (Wildman–Crippen MR) is 121 cm³/mol. The standard InChI is InChI=1S/C26H17ClN2O2/c27-18-12-10-16(11-13-18)23-20(14-28)25(21-15-29-22-9-5-4-8-19(21)22)31-26(23)24(30)17-6-2-1-3-7-17/h1-13,15,23,26,29H. The minimum Gasteiger partial charge on any atom is -0.479 e. The minimum absolute atomic E-state index is 0.164. The molecule has 1 aromatic heterocycles. The number of carbonyl (C=O) groups excluding carboxylic acids is 1. The van der Waals surface area contributed by atoms with E-state index in [1.807, 2.05) is 60.8 Å². The summed E-state index contributed by atoms with van der Waals surface area (Å²) in [5.74, 6) is -0.254. The Hall–Kier alpha value is -3.81. The molecule has 0 saturated carbocycles. The van der Waals surface area contributed by atoms with Crippen LogP contribution >= 0.6 is 11.6 Å². The molecule has 5 rings (SSSR count). The number of H-pyrrole nitrogens is 1. The molecule has 0 amide bonds. The summed E-state index contributed by atoms with van der Waals surface area (Å²) in [6.45, 7) is 0. The molecule has 0 fully saturated rings. The number of rotatable bonds is 4. The average Bonchev–Trinajstić information content (AvgIpc) is 3.41. The van der Waals surface area contributed by atoms with Crippen LogP contribution in [0.15, 0.2) is 90.6 Å². The van der Waals surface area contributed by atoms with Crippen LogP contribution in [-0.2, 0) is 4.74 Å². The van der Waals surface area contributed by atoms with Gasteiger partial charge in [-0.25, -0.2) is 0 Å². The van der Waals surface area contributed by atoms with Crippen LogP contribution < -0.4 is 0 Å². The molecule has 4 aromatic rings. The summed E-state index contributed by atoms with van der Waals surface area (Å²) in [4.78, 5) is 16.7. The van der Waals surface area contributed by atoms with Gasteiger partial charge in [0.25, 0.3) is 0 Å². The van der Waals surface area contributed by atoms with Crippen LogP contribution in [0.2, 0.25) is 5.02 Å². The lowest BCUT2D eigenvalue weighted by molar-refractivity contribution is 0.0754. The third-order valence-electron chi connectivity index (χ3n) is 5.60. The van der Waals surface area contributed by atoms with Crippen molar-refractivity contribution >= 4 is 34.0 Å².